The zero-order chi connectivity index (χ0) is 20.0. The SMILES string of the molecule is Cc1cccc2ccc(O)c(-c3c(O)c(-c4ccccc4)cc4ccccc34)c12. The Kier molecular flexibility index (Phi) is 3.99. The summed E-state index contributed by atoms with van der Waals surface area (Å²) in [6.45, 7) is 2.03. The Balaban J connectivity index is 1.98. The summed E-state index contributed by atoms with van der Waals surface area (Å²) < 4.78 is 0. The van der Waals surface area contributed by atoms with Crippen molar-refractivity contribution in [2.24, 2.45) is 0 Å². The molecule has 0 saturated heterocycles. The van der Waals surface area contributed by atoms with Crippen LogP contribution in [0.25, 0.3) is 43.8 Å². The van der Waals surface area contributed by atoms with Crippen molar-refractivity contribution in [2.45, 2.75) is 6.92 Å². The predicted octanol–water partition coefficient (Wildman–Crippen LogP) is 7.05. The van der Waals surface area contributed by atoms with Gasteiger partial charge in [-0.1, -0.05) is 78.9 Å². The largest absolute Gasteiger partial charge is 0.507 e. The van der Waals surface area contributed by atoms with E-state index in [2.05, 4.69) is 0 Å². The van der Waals surface area contributed by atoms with Crippen LogP contribution in [0.15, 0.2) is 91.0 Å². The molecule has 0 aliphatic carbocycles. The van der Waals surface area contributed by atoms with Crippen LogP contribution in [-0.4, -0.2) is 10.2 Å². The van der Waals surface area contributed by atoms with Gasteiger partial charge in [-0.2, -0.15) is 0 Å². The van der Waals surface area contributed by atoms with E-state index in [1.165, 1.54) is 0 Å². The summed E-state index contributed by atoms with van der Waals surface area (Å²) in [5, 5.41) is 26.3. The number of phenols is 2. The van der Waals surface area contributed by atoms with E-state index >= 15 is 0 Å². The van der Waals surface area contributed by atoms with Crippen molar-refractivity contribution >= 4 is 21.5 Å². The van der Waals surface area contributed by atoms with Crippen LogP contribution in [0.1, 0.15) is 5.56 Å². The molecule has 140 valence electrons. The van der Waals surface area contributed by atoms with Gasteiger partial charge in [-0.25, -0.2) is 0 Å². The Hall–Kier alpha value is -3.78. The molecule has 0 aromatic heterocycles. The summed E-state index contributed by atoms with van der Waals surface area (Å²) in [4.78, 5) is 0. The van der Waals surface area contributed by atoms with Crippen LogP contribution in [0.2, 0.25) is 0 Å². The van der Waals surface area contributed by atoms with Crippen LogP contribution < -0.4 is 0 Å². The molecule has 0 radical (unpaired) electrons. The third-order valence-electron chi connectivity index (χ3n) is 5.59. The molecule has 0 bridgehead atoms. The van der Waals surface area contributed by atoms with E-state index in [0.29, 0.717) is 11.1 Å². The lowest BCUT2D eigenvalue weighted by Gasteiger charge is -2.18. The van der Waals surface area contributed by atoms with Gasteiger partial charge in [-0.15, -0.1) is 0 Å². The summed E-state index contributed by atoms with van der Waals surface area (Å²) >= 11 is 0. The Morgan fingerprint density at radius 2 is 1.34 bits per heavy atom. The maximum Gasteiger partial charge on any atom is 0.132 e. The molecule has 0 fully saturated rings. The average molecular weight is 376 g/mol. The highest BCUT2D eigenvalue weighted by Gasteiger charge is 2.21. The molecule has 0 saturated carbocycles. The molecular weight excluding hydrogens is 356 g/mol. The Morgan fingerprint density at radius 1 is 0.621 bits per heavy atom. The summed E-state index contributed by atoms with van der Waals surface area (Å²) in [7, 11) is 0. The quantitative estimate of drug-likeness (QED) is 0.347. The molecule has 0 amide bonds. The third kappa shape index (κ3) is 2.73. The molecule has 2 heteroatoms. The molecule has 0 aliphatic heterocycles. The number of aryl methyl sites for hydroxylation is 1. The van der Waals surface area contributed by atoms with Gasteiger partial charge in [0.1, 0.15) is 11.5 Å². The second-order valence-corrected chi connectivity index (χ2v) is 7.37. The maximum atomic E-state index is 11.5. The molecule has 0 atom stereocenters. The van der Waals surface area contributed by atoms with Gasteiger partial charge in [0.05, 0.1) is 0 Å². The molecule has 0 heterocycles. The number of phenolic OH excluding ortho intramolecular Hbond substituents is 2. The van der Waals surface area contributed by atoms with Crippen molar-refractivity contribution < 1.29 is 10.2 Å². The van der Waals surface area contributed by atoms with E-state index < -0.39 is 0 Å². The smallest absolute Gasteiger partial charge is 0.132 e. The van der Waals surface area contributed by atoms with E-state index in [9.17, 15) is 10.2 Å². The normalized spacial score (nSPS) is 11.2. The number of hydrogen-bond acceptors (Lipinski definition) is 2. The van der Waals surface area contributed by atoms with Gasteiger partial charge >= 0.3 is 0 Å². The van der Waals surface area contributed by atoms with Crippen LogP contribution in [0.3, 0.4) is 0 Å². The Bertz CT molecular complexity index is 1370. The maximum absolute atomic E-state index is 11.5. The summed E-state index contributed by atoms with van der Waals surface area (Å²) in [5.74, 6) is 0.346. The molecule has 2 N–H and O–H groups in total. The average Bonchev–Trinajstić information content (AvgIpc) is 2.75. The fourth-order valence-electron chi connectivity index (χ4n) is 4.23. The number of benzene rings is 5. The van der Waals surface area contributed by atoms with Crippen molar-refractivity contribution in [1.29, 1.82) is 0 Å². The van der Waals surface area contributed by atoms with Crippen LogP contribution in [0, 0.1) is 6.92 Å². The van der Waals surface area contributed by atoms with E-state index in [1.54, 1.807) is 6.07 Å². The molecule has 2 nitrogen and oxygen atoms in total. The lowest BCUT2D eigenvalue weighted by Crippen LogP contribution is -1.91. The summed E-state index contributed by atoms with van der Waals surface area (Å²) in [6.07, 6.45) is 0. The number of hydrogen-bond donors (Lipinski definition) is 2. The van der Waals surface area contributed by atoms with Gasteiger partial charge in [0.2, 0.25) is 0 Å². The highest BCUT2D eigenvalue weighted by molar-refractivity contribution is 6.12. The molecule has 0 spiro atoms. The first-order chi connectivity index (χ1) is 14.1. The number of aromatic hydroxyl groups is 2. The minimum atomic E-state index is 0.164. The lowest BCUT2D eigenvalue weighted by atomic mass is 9.87. The molecule has 5 rings (SSSR count). The van der Waals surface area contributed by atoms with E-state index in [1.807, 2.05) is 91.9 Å². The second-order valence-electron chi connectivity index (χ2n) is 7.37. The highest BCUT2D eigenvalue weighted by atomic mass is 16.3. The molecular formula is C27H20O2. The first-order valence-corrected chi connectivity index (χ1v) is 9.67. The third-order valence-corrected chi connectivity index (χ3v) is 5.59. The Morgan fingerprint density at radius 3 is 2.17 bits per heavy atom. The predicted molar refractivity (Wildman–Crippen MR) is 120 cm³/mol. The van der Waals surface area contributed by atoms with Gasteiger partial charge in [0.25, 0.3) is 0 Å². The van der Waals surface area contributed by atoms with E-state index in [4.69, 9.17) is 0 Å². The monoisotopic (exact) mass is 376 g/mol. The minimum Gasteiger partial charge on any atom is -0.507 e. The second kappa shape index (κ2) is 6.68. The van der Waals surface area contributed by atoms with Gasteiger partial charge in [0.15, 0.2) is 0 Å². The molecule has 5 aromatic carbocycles. The molecule has 29 heavy (non-hydrogen) atoms. The van der Waals surface area contributed by atoms with E-state index in [0.717, 1.165) is 38.2 Å². The highest BCUT2D eigenvalue weighted by Crippen LogP contribution is 2.49. The van der Waals surface area contributed by atoms with Crippen molar-refractivity contribution in [2.75, 3.05) is 0 Å². The van der Waals surface area contributed by atoms with Crippen molar-refractivity contribution in [3.8, 4) is 33.8 Å². The van der Waals surface area contributed by atoms with Gasteiger partial charge in [0, 0.05) is 16.7 Å². The fourth-order valence-corrected chi connectivity index (χ4v) is 4.23. The minimum absolute atomic E-state index is 0.164. The number of rotatable bonds is 2. The van der Waals surface area contributed by atoms with Crippen LogP contribution in [-0.2, 0) is 0 Å². The standard InChI is InChI=1S/C27H20O2/c1-17-8-7-12-19-14-15-23(28)26(24(17)19)25-21-13-6-5-11-20(21)16-22(27(25)29)18-9-3-2-4-10-18/h2-16,28-29H,1H3. The number of fused-ring (bicyclic) bond motifs is 2. The molecule has 5 aromatic rings. The van der Waals surface area contributed by atoms with Gasteiger partial charge < -0.3 is 10.2 Å². The van der Waals surface area contributed by atoms with Crippen LogP contribution in [0.4, 0.5) is 0 Å². The molecule has 0 aliphatic rings. The van der Waals surface area contributed by atoms with Crippen LogP contribution in [0.5, 0.6) is 11.5 Å². The summed E-state index contributed by atoms with van der Waals surface area (Å²) in [6, 6.07) is 29.6. The van der Waals surface area contributed by atoms with Crippen molar-refractivity contribution in [1.82, 2.24) is 0 Å². The summed E-state index contributed by atoms with van der Waals surface area (Å²) in [5.41, 5.74) is 4.09. The van der Waals surface area contributed by atoms with E-state index in [-0.39, 0.29) is 11.5 Å². The molecule has 0 unspecified atom stereocenters. The van der Waals surface area contributed by atoms with Crippen molar-refractivity contribution in [3.05, 3.63) is 96.6 Å². The van der Waals surface area contributed by atoms with Gasteiger partial charge in [-0.3, -0.25) is 0 Å². The van der Waals surface area contributed by atoms with Gasteiger partial charge in [-0.05, 0) is 51.7 Å². The topological polar surface area (TPSA) is 40.5 Å². The van der Waals surface area contributed by atoms with Crippen molar-refractivity contribution in [3.63, 3.8) is 0 Å². The first-order valence-electron chi connectivity index (χ1n) is 9.67. The zero-order valence-electron chi connectivity index (χ0n) is 16.1. The first kappa shape index (κ1) is 17.3. The lowest BCUT2D eigenvalue weighted by molar-refractivity contribution is 0.471. The fraction of sp³-hybridized carbons (Fsp3) is 0.0370. The zero-order valence-corrected chi connectivity index (χ0v) is 16.1. The Labute approximate surface area is 169 Å². The van der Waals surface area contributed by atoms with Crippen LogP contribution >= 0.6 is 0 Å².